The number of thiazole rings is 1. The van der Waals surface area contributed by atoms with E-state index in [-0.39, 0.29) is 11.5 Å². The molecule has 2 aromatic heterocycles. The van der Waals surface area contributed by atoms with Crippen LogP contribution in [0.25, 0.3) is 0 Å². The highest BCUT2D eigenvalue weighted by Crippen LogP contribution is 2.28. The number of hydrogen-bond acceptors (Lipinski definition) is 4. The Hall–Kier alpha value is -0.970. The van der Waals surface area contributed by atoms with Crippen molar-refractivity contribution in [3.63, 3.8) is 0 Å². The highest BCUT2D eigenvalue weighted by Gasteiger charge is 2.20. The van der Waals surface area contributed by atoms with E-state index in [1.807, 2.05) is 19.2 Å². The van der Waals surface area contributed by atoms with E-state index in [1.54, 1.807) is 17.5 Å². The first-order chi connectivity index (χ1) is 9.41. The first kappa shape index (κ1) is 15.4. The van der Waals surface area contributed by atoms with Crippen LogP contribution in [0.2, 0.25) is 5.02 Å². The molecule has 0 amide bonds. The van der Waals surface area contributed by atoms with Gasteiger partial charge in [0, 0.05) is 23.4 Å². The topological polar surface area (TPSA) is 37.8 Å². The largest absolute Gasteiger partial charge is 0.311 e. The second-order valence-electron chi connectivity index (χ2n) is 5.79. The van der Waals surface area contributed by atoms with E-state index in [4.69, 9.17) is 16.6 Å². The Balaban J connectivity index is 2.19. The Morgan fingerprint density at radius 1 is 1.40 bits per heavy atom. The second kappa shape index (κ2) is 6.20. The van der Waals surface area contributed by atoms with Gasteiger partial charge in [0.2, 0.25) is 0 Å². The minimum absolute atomic E-state index is 0.0858. The average Bonchev–Trinajstić information content (AvgIpc) is 2.85. The maximum Gasteiger partial charge on any atom is 0.0948 e. The lowest BCUT2D eigenvalue weighted by Gasteiger charge is -2.16. The number of rotatable bonds is 4. The number of pyridine rings is 1. The molecule has 1 unspecified atom stereocenters. The Labute approximate surface area is 129 Å². The first-order valence-electron chi connectivity index (χ1n) is 6.64. The van der Waals surface area contributed by atoms with Crippen LogP contribution in [0.1, 0.15) is 43.2 Å². The summed E-state index contributed by atoms with van der Waals surface area (Å²) in [5, 5.41) is 7.22. The van der Waals surface area contributed by atoms with Gasteiger partial charge < -0.3 is 5.32 Å². The molecular weight excluding hydrogens is 290 g/mol. The van der Waals surface area contributed by atoms with Gasteiger partial charge in [-0.1, -0.05) is 32.4 Å². The van der Waals surface area contributed by atoms with Crippen molar-refractivity contribution in [3.05, 3.63) is 45.1 Å². The summed E-state index contributed by atoms with van der Waals surface area (Å²) in [6, 6.07) is 3.80. The molecule has 0 aromatic carbocycles. The van der Waals surface area contributed by atoms with Crippen LogP contribution in [0.4, 0.5) is 0 Å². The van der Waals surface area contributed by atoms with Crippen molar-refractivity contribution in [2.24, 2.45) is 0 Å². The number of hydrogen-bond donors (Lipinski definition) is 1. The van der Waals surface area contributed by atoms with Crippen molar-refractivity contribution >= 4 is 22.9 Å². The van der Waals surface area contributed by atoms with Crippen molar-refractivity contribution in [1.82, 2.24) is 15.3 Å². The summed E-state index contributed by atoms with van der Waals surface area (Å²) in [7, 11) is 1.92. The van der Waals surface area contributed by atoms with Crippen molar-refractivity contribution in [1.29, 1.82) is 0 Å². The third-order valence-electron chi connectivity index (χ3n) is 3.16. The van der Waals surface area contributed by atoms with E-state index >= 15 is 0 Å². The lowest BCUT2D eigenvalue weighted by Crippen LogP contribution is -2.20. The Morgan fingerprint density at radius 2 is 2.15 bits per heavy atom. The van der Waals surface area contributed by atoms with Gasteiger partial charge in [-0.25, -0.2) is 4.98 Å². The maximum atomic E-state index is 6.22. The summed E-state index contributed by atoms with van der Waals surface area (Å²) in [6.07, 6.45) is 2.57. The van der Waals surface area contributed by atoms with Crippen molar-refractivity contribution in [2.45, 2.75) is 38.6 Å². The Bertz CT molecular complexity index is 574. The van der Waals surface area contributed by atoms with E-state index in [9.17, 15) is 0 Å². The zero-order valence-corrected chi connectivity index (χ0v) is 13.8. The van der Waals surface area contributed by atoms with Crippen LogP contribution < -0.4 is 5.32 Å². The minimum Gasteiger partial charge on any atom is -0.311 e. The molecule has 0 saturated heterocycles. The van der Waals surface area contributed by atoms with Crippen molar-refractivity contribution in [2.75, 3.05) is 7.05 Å². The average molecular weight is 310 g/mol. The summed E-state index contributed by atoms with van der Waals surface area (Å²) < 4.78 is 0. The van der Waals surface area contributed by atoms with Crippen LogP contribution in [0.5, 0.6) is 0 Å². The summed E-state index contributed by atoms with van der Waals surface area (Å²) in [6.45, 7) is 6.53. The molecular formula is C15H20ClN3S. The van der Waals surface area contributed by atoms with E-state index in [2.05, 4.69) is 36.5 Å². The van der Waals surface area contributed by atoms with Gasteiger partial charge >= 0.3 is 0 Å². The SMILES string of the molecule is CNC(Cc1nc(C(C)(C)C)cs1)c1ncccc1Cl. The molecule has 5 heteroatoms. The number of nitrogens with zero attached hydrogens (tertiary/aromatic N) is 2. The van der Waals surface area contributed by atoms with E-state index in [1.165, 1.54) is 0 Å². The van der Waals surface area contributed by atoms with Gasteiger partial charge in [-0.05, 0) is 19.2 Å². The predicted molar refractivity (Wildman–Crippen MR) is 85.6 cm³/mol. The molecule has 108 valence electrons. The van der Waals surface area contributed by atoms with Gasteiger partial charge in [-0.3, -0.25) is 4.98 Å². The zero-order chi connectivity index (χ0) is 14.8. The second-order valence-corrected chi connectivity index (χ2v) is 7.14. The molecule has 1 N–H and O–H groups in total. The van der Waals surface area contributed by atoms with Gasteiger partial charge in [0.25, 0.3) is 0 Å². The van der Waals surface area contributed by atoms with Crippen LogP contribution in [0.15, 0.2) is 23.7 Å². The molecule has 0 fully saturated rings. The standard InChI is InChI=1S/C15H20ClN3S/c1-15(2,3)12-9-20-13(19-12)8-11(17-4)14-10(16)6-5-7-18-14/h5-7,9,11,17H,8H2,1-4H3. The zero-order valence-electron chi connectivity index (χ0n) is 12.3. The molecule has 2 rings (SSSR count). The van der Waals surface area contributed by atoms with E-state index < -0.39 is 0 Å². The quantitative estimate of drug-likeness (QED) is 0.928. The molecule has 2 aromatic rings. The first-order valence-corrected chi connectivity index (χ1v) is 7.90. The van der Waals surface area contributed by atoms with Crippen LogP contribution >= 0.6 is 22.9 Å². The van der Waals surface area contributed by atoms with Gasteiger partial charge in [0.05, 0.1) is 27.5 Å². The van der Waals surface area contributed by atoms with Crippen LogP contribution in [0.3, 0.4) is 0 Å². The molecule has 0 aliphatic carbocycles. The van der Waals surface area contributed by atoms with Gasteiger partial charge in [0.1, 0.15) is 0 Å². The highest BCUT2D eigenvalue weighted by atomic mass is 35.5. The maximum absolute atomic E-state index is 6.22. The molecule has 0 saturated carbocycles. The normalized spacial score (nSPS) is 13.4. The summed E-state index contributed by atoms with van der Waals surface area (Å²) in [5.41, 5.74) is 2.11. The molecule has 0 radical (unpaired) electrons. The summed E-state index contributed by atoms with van der Waals surface area (Å²) in [4.78, 5) is 9.12. The summed E-state index contributed by atoms with van der Waals surface area (Å²) in [5.74, 6) is 0. The lowest BCUT2D eigenvalue weighted by molar-refractivity contribution is 0.555. The highest BCUT2D eigenvalue weighted by molar-refractivity contribution is 7.09. The molecule has 1 atom stereocenters. The molecule has 0 spiro atoms. The Morgan fingerprint density at radius 3 is 2.70 bits per heavy atom. The van der Waals surface area contributed by atoms with Gasteiger partial charge in [-0.2, -0.15) is 0 Å². The van der Waals surface area contributed by atoms with E-state index in [0.29, 0.717) is 5.02 Å². The monoisotopic (exact) mass is 309 g/mol. The predicted octanol–water partition coefficient (Wildman–Crippen LogP) is 3.99. The molecule has 0 aliphatic heterocycles. The third kappa shape index (κ3) is 3.57. The molecule has 0 aliphatic rings. The van der Waals surface area contributed by atoms with E-state index in [0.717, 1.165) is 22.8 Å². The fourth-order valence-electron chi connectivity index (χ4n) is 1.91. The molecule has 0 bridgehead atoms. The fourth-order valence-corrected chi connectivity index (χ4v) is 3.23. The summed E-state index contributed by atoms with van der Waals surface area (Å²) >= 11 is 7.92. The van der Waals surface area contributed by atoms with Crippen molar-refractivity contribution in [3.8, 4) is 0 Å². The van der Waals surface area contributed by atoms with Crippen LogP contribution in [-0.2, 0) is 11.8 Å². The number of nitrogens with one attached hydrogen (secondary N) is 1. The molecule has 2 heterocycles. The van der Waals surface area contributed by atoms with Crippen LogP contribution in [-0.4, -0.2) is 17.0 Å². The van der Waals surface area contributed by atoms with Crippen molar-refractivity contribution < 1.29 is 0 Å². The number of halogens is 1. The van der Waals surface area contributed by atoms with Crippen LogP contribution in [0, 0.1) is 0 Å². The van der Waals surface area contributed by atoms with Gasteiger partial charge in [0.15, 0.2) is 0 Å². The van der Waals surface area contributed by atoms with Gasteiger partial charge in [-0.15, -0.1) is 11.3 Å². The fraction of sp³-hybridized carbons (Fsp3) is 0.467. The number of likely N-dealkylation sites (N-methyl/N-ethyl adjacent to an activating group) is 1. The Kier molecular flexibility index (Phi) is 4.78. The molecule has 3 nitrogen and oxygen atoms in total. The smallest absolute Gasteiger partial charge is 0.0948 e. The third-order valence-corrected chi connectivity index (χ3v) is 4.36. The minimum atomic E-state index is 0.0858. The lowest BCUT2D eigenvalue weighted by atomic mass is 9.93. The number of aromatic nitrogens is 2. The molecule has 20 heavy (non-hydrogen) atoms.